The normalized spacial score (nSPS) is 15.2. The number of nitrogens with one attached hydrogen (secondary N) is 1. The summed E-state index contributed by atoms with van der Waals surface area (Å²) in [6.45, 7) is 2.08. The van der Waals surface area contributed by atoms with Gasteiger partial charge in [0.2, 0.25) is 5.91 Å². The van der Waals surface area contributed by atoms with E-state index in [-0.39, 0.29) is 17.2 Å². The number of carbonyl (C=O) groups excluding carboxylic acids is 2. The second-order valence-corrected chi connectivity index (χ2v) is 7.53. The summed E-state index contributed by atoms with van der Waals surface area (Å²) in [4.78, 5) is 24.5. The molecule has 1 heterocycles. The number of hydrogen-bond acceptors (Lipinski definition) is 5. The number of anilines is 1. The minimum Gasteiger partial charge on any atom is -0.427 e. The first-order valence-corrected chi connectivity index (χ1v) is 9.68. The molecule has 2 aromatic rings. The Morgan fingerprint density at radius 2 is 1.90 bits per heavy atom. The van der Waals surface area contributed by atoms with E-state index < -0.39 is 11.4 Å². The Morgan fingerprint density at radius 3 is 2.52 bits per heavy atom. The van der Waals surface area contributed by atoms with E-state index in [1.54, 1.807) is 18.2 Å². The molecular formula is C21H18Cl2N2O4. The third-order valence-corrected chi connectivity index (χ3v) is 5.40. The van der Waals surface area contributed by atoms with Crippen LogP contribution in [0.3, 0.4) is 0 Å². The molecule has 1 saturated heterocycles. The summed E-state index contributed by atoms with van der Waals surface area (Å²) in [7, 11) is 0. The van der Waals surface area contributed by atoms with Gasteiger partial charge in [0.15, 0.2) is 0 Å². The lowest BCUT2D eigenvalue weighted by Crippen LogP contribution is -2.45. The Kier molecular flexibility index (Phi) is 6.43. The summed E-state index contributed by atoms with van der Waals surface area (Å²) in [5.41, 5.74) is 0.256. The van der Waals surface area contributed by atoms with Gasteiger partial charge >= 0.3 is 5.97 Å². The number of rotatable bonds is 4. The van der Waals surface area contributed by atoms with Gasteiger partial charge in [-0.25, -0.2) is 0 Å². The molecule has 1 amide bonds. The first-order valence-electron chi connectivity index (χ1n) is 8.93. The summed E-state index contributed by atoms with van der Waals surface area (Å²) in [5.74, 6) is -0.556. The number of carbonyl (C=O) groups is 2. The van der Waals surface area contributed by atoms with Crippen molar-refractivity contribution in [2.24, 2.45) is 0 Å². The molecule has 1 N–H and O–H groups in total. The number of nitriles is 1. The third-order valence-electron chi connectivity index (χ3n) is 4.85. The van der Waals surface area contributed by atoms with Crippen LogP contribution in [0, 0.1) is 11.3 Å². The van der Waals surface area contributed by atoms with Crippen molar-refractivity contribution in [1.29, 1.82) is 5.26 Å². The molecule has 0 atom stereocenters. The fraction of sp³-hybridized carbons (Fsp3) is 0.286. The largest absolute Gasteiger partial charge is 0.427 e. The van der Waals surface area contributed by atoms with Crippen molar-refractivity contribution in [3.8, 4) is 11.8 Å². The minimum absolute atomic E-state index is 0.182. The molecule has 1 aliphatic rings. The Bertz CT molecular complexity index is 995. The first-order chi connectivity index (χ1) is 13.9. The van der Waals surface area contributed by atoms with Crippen molar-refractivity contribution in [1.82, 2.24) is 0 Å². The molecule has 3 rings (SSSR count). The van der Waals surface area contributed by atoms with Crippen molar-refractivity contribution < 1.29 is 19.1 Å². The predicted octanol–water partition coefficient (Wildman–Crippen LogP) is 4.48. The fourth-order valence-electron chi connectivity index (χ4n) is 3.41. The van der Waals surface area contributed by atoms with Gasteiger partial charge in [-0.3, -0.25) is 9.59 Å². The molecule has 8 heteroatoms. The van der Waals surface area contributed by atoms with E-state index in [0.717, 1.165) is 0 Å². The molecule has 0 aliphatic carbocycles. The topological polar surface area (TPSA) is 88.4 Å². The van der Waals surface area contributed by atoms with Gasteiger partial charge in [0.1, 0.15) is 11.8 Å². The average Bonchev–Trinajstić information content (AvgIpc) is 2.69. The number of hydrogen-bond donors (Lipinski definition) is 1. The highest BCUT2D eigenvalue weighted by molar-refractivity contribution is 6.35. The molecule has 0 radical (unpaired) electrons. The van der Waals surface area contributed by atoms with E-state index in [1.165, 1.54) is 25.1 Å². The Morgan fingerprint density at radius 1 is 1.17 bits per heavy atom. The smallest absolute Gasteiger partial charge is 0.308 e. The zero-order chi connectivity index (χ0) is 21.0. The lowest BCUT2D eigenvalue weighted by atomic mass is 9.73. The highest BCUT2D eigenvalue weighted by atomic mass is 35.5. The van der Waals surface area contributed by atoms with Crippen LogP contribution in [0.25, 0.3) is 0 Å². The van der Waals surface area contributed by atoms with E-state index in [1.807, 2.05) is 6.07 Å². The Balaban J connectivity index is 1.96. The summed E-state index contributed by atoms with van der Waals surface area (Å²) in [5, 5.41) is 13.2. The van der Waals surface area contributed by atoms with Crippen LogP contribution in [0.2, 0.25) is 10.0 Å². The monoisotopic (exact) mass is 432 g/mol. The first kappa shape index (κ1) is 21.1. The maximum atomic E-state index is 13.4. The van der Waals surface area contributed by atoms with Crippen LogP contribution in [-0.4, -0.2) is 25.1 Å². The number of amides is 1. The number of halogens is 2. The molecule has 0 aromatic heterocycles. The number of benzene rings is 2. The van der Waals surface area contributed by atoms with Crippen LogP contribution in [0.5, 0.6) is 5.75 Å². The van der Waals surface area contributed by atoms with Gasteiger partial charge in [-0.2, -0.15) is 5.26 Å². The van der Waals surface area contributed by atoms with E-state index in [9.17, 15) is 14.9 Å². The molecule has 29 heavy (non-hydrogen) atoms. The minimum atomic E-state index is -0.915. The quantitative estimate of drug-likeness (QED) is 0.568. The van der Waals surface area contributed by atoms with Gasteiger partial charge in [-0.15, -0.1) is 0 Å². The van der Waals surface area contributed by atoms with Crippen LogP contribution >= 0.6 is 23.2 Å². The summed E-state index contributed by atoms with van der Waals surface area (Å²) < 4.78 is 10.5. The van der Waals surface area contributed by atoms with Gasteiger partial charge < -0.3 is 14.8 Å². The predicted molar refractivity (Wildman–Crippen MR) is 109 cm³/mol. The Labute approximate surface area is 178 Å². The van der Waals surface area contributed by atoms with E-state index in [0.29, 0.717) is 47.4 Å². The summed E-state index contributed by atoms with van der Waals surface area (Å²) >= 11 is 12.4. The molecule has 0 bridgehead atoms. The molecule has 1 fully saturated rings. The molecule has 1 aliphatic heterocycles. The second-order valence-electron chi connectivity index (χ2n) is 6.69. The lowest BCUT2D eigenvalue weighted by molar-refractivity contribution is -0.132. The molecule has 0 unspecified atom stereocenters. The third kappa shape index (κ3) is 4.54. The zero-order valence-electron chi connectivity index (χ0n) is 15.6. The van der Waals surface area contributed by atoms with Gasteiger partial charge in [-0.05, 0) is 42.7 Å². The molecule has 0 spiro atoms. The van der Waals surface area contributed by atoms with Crippen LogP contribution < -0.4 is 10.1 Å². The van der Waals surface area contributed by atoms with Crippen molar-refractivity contribution in [3.63, 3.8) is 0 Å². The van der Waals surface area contributed by atoms with Crippen molar-refractivity contribution in [2.45, 2.75) is 25.2 Å². The van der Waals surface area contributed by atoms with Crippen LogP contribution in [0.15, 0.2) is 36.4 Å². The maximum Gasteiger partial charge on any atom is 0.308 e. The maximum absolute atomic E-state index is 13.4. The van der Waals surface area contributed by atoms with Crippen LogP contribution in [0.4, 0.5) is 5.69 Å². The fourth-order valence-corrected chi connectivity index (χ4v) is 4.00. The Hall–Kier alpha value is -2.59. The second kappa shape index (κ2) is 8.83. The standard InChI is InChI=1S/C21H18Cl2N2O4/c1-13(26)29-16-3-5-19(14(10-16)12-24)25-20(27)21(6-8-28-9-7-21)17-4-2-15(22)11-18(17)23/h2-5,10-11H,6-9H2,1H3,(H,25,27). The highest BCUT2D eigenvalue weighted by Gasteiger charge is 2.43. The average molecular weight is 433 g/mol. The van der Waals surface area contributed by atoms with Crippen molar-refractivity contribution in [2.75, 3.05) is 18.5 Å². The SMILES string of the molecule is CC(=O)Oc1ccc(NC(=O)C2(c3ccc(Cl)cc3Cl)CCOCC2)c(C#N)c1. The van der Waals surface area contributed by atoms with Crippen LogP contribution in [-0.2, 0) is 19.7 Å². The van der Waals surface area contributed by atoms with E-state index in [2.05, 4.69) is 5.32 Å². The number of ether oxygens (including phenoxy) is 2. The van der Waals surface area contributed by atoms with Crippen LogP contribution in [0.1, 0.15) is 30.9 Å². The molecule has 6 nitrogen and oxygen atoms in total. The molecule has 0 saturated carbocycles. The summed E-state index contributed by atoms with van der Waals surface area (Å²) in [6.07, 6.45) is 0.876. The van der Waals surface area contributed by atoms with E-state index in [4.69, 9.17) is 32.7 Å². The molecule has 150 valence electrons. The van der Waals surface area contributed by atoms with Gasteiger partial charge in [0, 0.05) is 36.2 Å². The summed E-state index contributed by atoms with van der Waals surface area (Å²) in [6, 6.07) is 11.5. The highest BCUT2D eigenvalue weighted by Crippen LogP contribution is 2.41. The van der Waals surface area contributed by atoms with Gasteiger partial charge in [0.05, 0.1) is 16.7 Å². The van der Waals surface area contributed by atoms with Crippen molar-refractivity contribution in [3.05, 3.63) is 57.6 Å². The lowest BCUT2D eigenvalue weighted by Gasteiger charge is -2.37. The molecular weight excluding hydrogens is 415 g/mol. The molecule has 2 aromatic carbocycles. The van der Waals surface area contributed by atoms with Gasteiger partial charge in [-0.1, -0.05) is 29.3 Å². The van der Waals surface area contributed by atoms with Crippen molar-refractivity contribution >= 4 is 40.8 Å². The zero-order valence-corrected chi connectivity index (χ0v) is 17.1. The number of esters is 1. The van der Waals surface area contributed by atoms with Gasteiger partial charge in [0.25, 0.3) is 0 Å². The number of nitrogens with zero attached hydrogens (tertiary/aromatic N) is 1. The van der Waals surface area contributed by atoms with E-state index >= 15 is 0 Å².